The van der Waals surface area contributed by atoms with Gasteiger partial charge >= 0.3 is 0 Å². The van der Waals surface area contributed by atoms with Crippen molar-refractivity contribution in [3.63, 3.8) is 0 Å². The second-order valence-corrected chi connectivity index (χ2v) is 6.01. The summed E-state index contributed by atoms with van der Waals surface area (Å²) in [5.41, 5.74) is 3.74. The van der Waals surface area contributed by atoms with Crippen LogP contribution in [0.25, 0.3) is 0 Å². The maximum atomic E-state index is 6.01. The van der Waals surface area contributed by atoms with Crippen LogP contribution in [0.15, 0.2) is 48.5 Å². The molecule has 0 aliphatic carbocycles. The van der Waals surface area contributed by atoms with E-state index in [1.807, 2.05) is 12.1 Å². The highest BCUT2D eigenvalue weighted by Gasteiger charge is 2.11. The van der Waals surface area contributed by atoms with Gasteiger partial charge in [-0.05, 0) is 69.9 Å². The fourth-order valence-corrected chi connectivity index (χ4v) is 2.55. The molecule has 3 heteroatoms. The minimum Gasteiger partial charge on any atom is -0.341 e. The van der Waals surface area contributed by atoms with Gasteiger partial charge in [-0.15, -0.1) is 0 Å². The number of hydrogen-bond acceptors (Lipinski definition) is 2. The molecule has 0 aliphatic heterocycles. The van der Waals surface area contributed by atoms with Crippen LogP contribution in [0, 0.1) is 6.92 Å². The summed E-state index contributed by atoms with van der Waals surface area (Å²) in [7, 11) is 4.22. The molecule has 2 aromatic carbocycles. The van der Waals surface area contributed by atoms with Crippen molar-refractivity contribution in [2.24, 2.45) is 0 Å². The van der Waals surface area contributed by atoms with Gasteiger partial charge in [0.25, 0.3) is 0 Å². The van der Waals surface area contributed by atoms with Crippen molar-refractivity contribution in [2.45, 2.75) is 13.3 Å². The number of para-hydroxylation sites is 1. The van der Waals surface area contributed by atoms with E-state index in [1.54, 1.807) is 0 Å². The standard InChI is InChI=1S/C18H23ClN2/c1-15-7-4-5-8-18(15)21(14-6-13-20(2)3)17-11-9-16(19)10-12-17/h4-5,7-12H,6,13-14H2,1-3H3. The Balaban J connectivity index is 2.26. The number of anilines is 2. The number of benzene rings is 2. The molecule has 0 heterocycles. The second kappa shape index (κ2) is 7.48. The van der Waals surface area contributed by atoms with Crippen molar-refractivity contribution in [3.05, 3.63) is 59.1 Å². The summed E-state index contributed by atoms with van der Waals surface area (Å²) in [5.74, 6) is 0. The fourth-order valence-electron chi connectivity index (χ4n) is 2.42. The van der Waals surface area contributed by atoms with E-state index in [2.05, 4.69) is 67.2 Å². The molecule has 112 valence electrons. The van der Waals surface area contributed by atoms with E-state index in [4.69, 9.17) is 11.6 Å². The lowest BCUT2D eigenvalue weighted by molar-refractivity contribution is 0.402. The predicted octanol–water partition coefficient (Wildman–Crippen LogP) is 4.74. The minimum absolute atomic E-state index is 0.775. The van der Waals surface area contributed by atoms with Gasteiger partial charge in [0, 0.05) is 22.9 Å². The molecule has 0 radical (unpaired) electrons. The van der Waals surface area contributed by atoms with Crippen LogP contribution in [0.4, 0.5) is 11.4 Å². The Morgan fingerprint density at radius 3 is 2.19 bits per heavy atom. The van der Waals surface area contributed by atoms with Gasteiger partial charge in [0.1, 0.15) is 0 Å². The number of halogens is 1. The molecule has 0 amide bonds. The van der Waals surface area contributed by atoms with Crippen molar-refractivity contribution in [2.75, 3.05) is 32.1 Å². The molecule has 0 saturated heterocycles. The fraction of sp³-hybridized carbons (Fsp3) is 0.333. The topological polar surface area (TPSA) is 6.48 Å². The van der Waals surface area contributed by atoms with E-state index in [9.17, 15) is 0 Å². The summed E-state index contributed by atoms with van der Waals surface area (Å²) in [6.07, 6.45) is 1.12. The Bertz CT molecular complexity index is 564. The average Bonchev–Trinajstić information content (AvgIpc) is 2.46. The molecule has 0 atom stereocenters. The van der Waals surface area contributed by atoms with Crippen LogP contribution in [0.3, 0.4) is 0 Å². The van der Waals surface area contributed by atoms with E-state index in [1.165, 1.54) is 16.9 Å². The zero-order chi connectivity index (χ0) is 15.2. The van der Waals surface area contributed by atoms with E-state index in [0.29, 0.717) is 0 Å². The molecule has 2 rings (SSSR count). The molecule has 0 aromatic heterocycles. The monoisotopic (exact) mass is 302 g/mol. The van der Waals surface area contributed by atoms with Crippen LogP contribution < -0.4 is 4.90 Å². The van der Waals surface area contributed by atoms with Gasteiger partial charge in [-0.2, -0.15) is 0 Å². The summed E-state index contributed by atoms with van der Waals surface area (Å²) < 4.78 is 0. The highest BCUT2D eigenvalue weighted by molar-refractivity contribution is 6.30. The molecule has 21 heavy (non-hydrogen) atoms. The molecule has 0 aliphatic rings. The summed E-state index contributed by atoms with van der Waals surface area (Å²) in [5, 5.41) is 0.775. The van der Waals surface area contributed by atoms with E-state index in [-0.39, 0.29) is 0 Å². The maximum Gasteiger partial charge on any atom is 0.0440 e. The summed E-state index contributed by atoms with van der Waals surface area (Å²) in [4.78, 5) is 4.59. The van der Waals surface area contributed by atoms with E-state index in [0.717, 1.165) is 24.5 Å². The molecule has 0 unspecified atom stereocenters. The van der Waals surface area contributed by atoms with Crippen LogP contribution >= 0.6 is 11.6 Å². The lowest BCUT2D eigenvalue weighted by atomic mass is 10.1. The Labute approximate surface area is 133 Å². The number of rotatable bonds is 6. The largest absolute Gasteiger partial charge is 0.341 e. The van der Waals surface area contributed by atoms with Crippen molar-refractivity contribution >= 4 is 23.0 Å². The lowest BCUT2D eigenvalue weighted by Gasteiger charge is -2.27. The highest BCUT2D eigenvalue weighted by Crippen LogP contribution is 2.29. The Morgan fingerprint density at radius 2 is 1.57 bits per heavy atom. The molecule has 0 N–H and O–H groups in total. The Morgan fingerprint density at radius 1 is 0.905 bits per heavy atom. The molecular weight excluding hydrogens is 280 g/mol. The van der Waals surface area contributed by atoms with Crippen LogP contribution in [-0.2, 0) is 0 Å². The van der Waals surface area contributed by atoms with Crippen molar-refractivity contribution < 1.29 is 0 Å². The van der Waals surface area contributed by atoms with Crippen molar-refractivity contribution in [3.8, 4) is 0 Å². The molecule has 0 bridgehead atoms. The van der Waals surface area contributed by atoms with E-state index < -0.39 is 0 Å². The Hall–Kier alpha value is -1.51. The lowest BCUT2D eigenvalue weighted by Crippen LogP contribution is -2.23. The zero-order valence-corrected chi connectivity index (χ0v) is 13.8. The normalized spacial score (nSPS) is 10.9. The molecular formula is C18H23ClN2. The first-order valence-corrected chi connectivity index (χ1v) is 7.69. The molecule has 2 nitrogen and oxygen atoms in total. The van der Waals surface area contributed by atoms with Gasteiger partial charge in [0.05, 0.1) is 0 Å². The molecule has 0 fully saturated rings. The first-order valence-electron chi connectivity index (χ1n) is 7.31. The smallest absolute Gasteiger partial charge is 0.0440 e. The third-order valence-corrected chi connectivity index (χ3v) is 3.78. The molecule has 0 saturated carbocycles. The quantitative estimate of drug-likeness (QED) is 0.760. The summed E-state index contributed by atoms with van der Waals surface area (Å²) in [6.45, 7) is 4.23. The van der Waals surface area contributed by atoms with Gasteiger partial charge in [-0.1, -0.05) is 29.8 Å². The molecule has 0 spiro atoms. The summed E-state index contributed by atoms with van der Waals surface area (Å²) >= 11 is 6.01. The SMILES string of the molecule is Cc1ccccc1N(CCCN(C)C)c1ccc(Cl)cc1. The van der Waals surface area contributed by atoms with Gasteiger partial charge in [0.15, 0.2) is 0 Å². The first-order chi connectivity index (χ1) is 10.1. The van der Waals surface area contributed by atoms with Crippen LogP contribution in [0.5, 0.6) is 0 Å². The van der Waals surface area contributed by atoms with Gasteiger partial charge in [-0.25, -0.2) is 0 Å². The number of hydrogen-bond donors (Lipinski definition) is 0. The Kier molecular flexibility index (Phi) is 5.66. The van der Waals surface area contributed by atoms with Crippen LogP contribution in [-0.4, -0.2) is 32.1 Å². The highest BCUT2D eigenvalue weighted by atomic mass is 35.5. The van der Waals surface area contributed by atoms with E-state index >= 15 is 0 Å². The first kappa shape index (κ1) is 15.9. The maximum absolute atomic E-state index is 6.01. The van der Waals surface area contributed by atoms with Gasteiger partial charge < -0.3 is 9.80 Å². The van der Waals surface area contributed by atoms with Crippen LogP contribution in [0.2, 0.25) is 5.02 Å². The molecule has 2 aromatic rings. The number of nitrogens with zero attached hydrogens (tertiary/aromatic N) is 2. The minimum atomic E-state index is 0.775. The van der Waals surface area contributed by atoms with Crippen molar-refractivity contribution in [1.82, 2.24) is 4.90 Å². The van der Waals surface area contributed by atoms with Gasteiger partial charge in [0.2, 0.25) is 0 Å². The van der Waals surface area contributed by atoms with Gasteiger partial charge in [-0.3, -0.25) is 0 Å². The number of aryl methyl sites for hydroxylation is 1. The third kappa shape index (κ3) is 4.48. The third-order valence-electron chi connectivity index (χ3n) is 3.53. The summed E-state index contributed by atoms with van der Waals surface area (Å²) in [6, 6.07) is 16.6. The predicted molar refractivity (Wildman–Crippen MR) is 92.8 cm³/mol. The van der Waals surface area contributed by atoms with Crippen molar-refractivity contribution in [1.29, 1.82) is 0 Å². The average molecular weight is 303 g/mol. The van der Waals surface area contributed by atoms with Crippen LogP contribution in [0.1, 0.15) is 12.0 Å². The zero-order valence-electron chi connectivity index (χ0n) is 13.0. The second-order valence-electron chi connectivity index (χ2n) is 5.57.